The molecular weight excluding hydrogens is 151 g/mol. The summed E-state index contributed by atoms with van der Waals surface area (Å²) < 4.78 is 5.14. The first-order chi connectivity index (χ1) is 5.62. The summed E-state index contributed by atoms with van der Waals surface area (Å²) in [6.07, 6.45) is 3.40. The van der Waals surface area contributed by atoms with Gasteiger partial charge in [-0.05, 0) is 19.3 Å². The summed E-state index contributed by atoms with van der Waals surface area (Å²) in [6, 6.07) is 0. The van der Waals surface area contributed by atoms with Gasteiger partial charge in [-0.15, -0.1) is 0 Å². The molecule has 66 valence electrons. The Kier molecular flexibility index (Phi) is 2.81. The molecule has 0 aliphatic carbocycles. The average Bonchev–Trinajstić information content (AvgIpc) is 2.30. The maximum Gasteiger partial charge on any atom is 0.303 e. The third-order valence-corrected chi connectivity index (χ3v) is 2.51. The predicted molar refractivity (Wildman–Crippen MR) is 48.1 cm³/mol. The monoisotopic (exact) mass is 166 g/mol. The van der Waals surface area contributed by atoms with E-state index in [4.69, 9.17) is 12.6 Å². The predicted octanol–water partition coefficient (Wildman–Crippen LogP) is 1.84. The summed E-state index contributed by atoms with van der Waals surface area (Å²) in [5.41, 5.74) is 0. The van der Waals surface area contributed by atoms with Crippen LogP contribution in [0.3, 0.4) is 0 Å². The lowest BCUT2D eigenvalue weighted by Crippen LogP contribution is -2.17. The third kappa shape index (κ3) is 1.65. The fourth-order valence-corrected chi connectivity index (χ4v) is 1.57. The van der Waals surface area contributed by atoms with Gasteiger partial charge >= 0.3 is 5.97 Å². The Morgan fingerprint density at radius 1 is 1.67 bits per heavy atom. The van der Waals surface area contributed by atoms with E-state index in [2.05, 4.69) is 6.92 Å². The van der Waals surface area contributed by atoms with Crippen molar-refractivity contribution in [3.8, 4) is 0 Å². The minimum atomic E-state index is -0.695. The highest BCUT2D eigenvalue weighted by molar-refractivity contribution is 6.27. The molecular formula is C9H15BO2. The zero-order valence-corrected chi connectivity index (χ0v) is 7.80. The zero-order valence-electron chi connectivity index (χ0n) is 7.80. The first-order valence-corrected chi connectivity index (χ1v) is 4.62. The Hall–Kier alpha value is -0.465. The number of cyclic esters (lactones) is 1. The summed E-state index contributed by atoms with van der Waals surface area (Å²) in [6.45, 7) is 4.01. The van der Waals surface area contributed by atoms with E-state index in [-0.39, 0.29) is 12.1 Å². The summed E-state index contributed by atoms with van der Waals surface area (Å²) in [4.78, 5) is 11.3. The topological polar surface area (TPSA) is 26.3 Å². The molecule has 1 aliphatic heterocycles. The third-order valence-electron chi connectivity index (χ3n) is 2.51. The molecule has 0 aromatic heterocycles. The van der Waals surface area contributed by atoms with Gasteiger partial charge in [-0.1, -0.05) is 20.3 Å². The Morgan fingerprint density at radius 3 is 2.75 bits per heavy atom. The molecule has 2 radical (unpaired) electrons. The minimum absolute atomic E-state index is 0.0625. The molecule has 1 fully saturated rings. The largest absolute Gasteiger partial charge is 0.462 e. The van der Waals surface area contributed by atoms with E-state index in [1.807, 2.05) is 6.92 Å². The van der Waals surface area contributed by atoms with Gasteiger partial charge in [-0.25, -0.2) is 0 Å². The molecule has 2 unspecified atom stereocenters. The SMILES string of the molecule is [B]C1(CC)CC(CCC)OC1=O. The summed E-state index contributed by atoms with van der Waals surface area (Å²) in [7, 11) is 5.85. The molecule has 0 aromatic rings. The van der Waals surface area contributed by atoms with E-state index in [1.165, 1.54) is 0 Å². The van der Waals surface area contributed by atoms with E-state index < -0.39 is 5.31 Å². The molecule has 0 amide bonds. The maximum atomic E-state index is 11.3. The van der Waals surface area contributed by atoms with Gasteiger partial charge in [0.1, 0.15) is 6.10 Å². The van der Waals surface area contributed by atoms with E-state index in [9.17, 15) is 4.79 Å². The van der Waals surface area contributed by atoms with Gasteiger partial charge in [0.25, 0.3) is 0 Å². The molecule has 12 heavy (non-hydrogen) atoms. The van der Waals surface area contributed by atoms with Gasteiger partial charge in [0, 0.05) is 5.31 Å². The molecule has 0 aromatic carbocycles. The first-order valence-electron chi connectivity index (χ1n) is 4.62. The molecule has 1 heterocycles. The van der Waals surface area contributed by atoms with Crippen molar-refractivity contribution in [2.45, 2.75) is 50.9 Å². The van der Waals surface area contributed by atoms with Crippen molar-refractivity contribution < 1.29 is 9.53 Å². The van der Waals surface area contributed by atoms with Crippen LogP contribution in [-0.2, 0) is 9.53 Å². The lowest BCUT2D eigenvalue weighted by molar-refractivity contribution is -0.143. The molecule has 2 atom stereocenters. The van der Waals surface area contributed by atoms with Gasteiger partial charge in [-0.3, -0.25) is 4.79 Å². The van der Waals surface area contributed by atoms with Crippen molar-refractivity contribution >= 4 is 13.8 Å². The molecule has 3 heteroatoms. The van der Waals surface area contributed by atoms with Crippen LogP contribution in [0, 0.1) is 0 Å². The number of ether oxygens (including phenoxy) is 1. The van der Waals surface area contributed by atoms with Crippen molar-refractivity contribution in [1.82, 2.24) is 0 Å². The molecule has 0 bridgehead atoms. The number of esters is 1. The number of carbonyl (C=O) groups is 1. The van der Waals surface area contributed by atoms with Gasteiger partial charge in [0.05, 0.1) is 7.85 Å². The van der Waals surface area contributed by atoms with Crippen LogP contribution < -0.4 is 0 Å². The van der Waals surface area contributed by atoms with Crippen LogP contribution in [-0.4, -0.2) is 19.9 Å². The number of rotatable bonds is 3. The quantitative estimate of drug-likeness (QED) is 0.472. The maximum absolute atomic E-state index is 11.3. The van der Waals surface area contributed by atoms with Crippen LogP contribution in [0.1, 0.15) is 39.5 Å². The average molecular weight is 166 g/mol. The summed E-state index contributed by atoms with van der Waals surface area (Å²) >= 11 is 0. The summed E-state index contributed by atoms with van der Waals surface area (Å²) in [5, 5.41) is -0.695. The molecule has 1 saturated heterocycles. The zero-order chi connectivity index (χ0) is 9.19. The van der Waals surface area contributed by atoms with Crippen LogP contribution in [0.2, 0.25) is 5.31 Å². The normalized spacial score (nSPS) is 35.2. The van der Waals surface area contributed by atoms with Crippen LogP contribution in [0.5, 0.6) is 0 Å². The highest BCUT2D eigenvalue weighted by atomic mass is 16.6. The van der Waals surface area contributed by atoms with E-state index >= 15 is 0 Å². The van der Waals surface area contributed by atoms with Gasteiger partial charge in [0.15, 0.2) is 0 Å². The molecule has 0 N–H and O–H groups in total. The van der Waals surface area contributed by atoms with Crippen molar-refractivity contribution in [1.29, 1.82) is 0 Å². The standard InChI is InChI=1S/C9H15BO2/c1-3-5-7-6-9(10,4-2)8(11)12-7/h7H,3-6H2,1-2H3. The fraction of sp³-hybridized carbons (Fsp3) is 0.889. The second-order valence-electron chi connectivity index (χ2n) is 3.53. The first kappa shape index (κ1) is 9.62. The van der Waals surface area contributed by atoms with Crippen molar-refractivity contribution in [2.75, 3.05) is 0 Å². The van der Waals surface area contributed by atoms with Gasteiger partial charge in [0.2, 0.25) is 0 Å². The number of carbonyl (C=O) groups excluding carboxylic acids is 1. The molecule has 2 nitrogen and oxygen atoms in total. The molecule has 0 spiro atoms. The van der Waals surface area contributed by atoms with E-state index in [0.717, 1.165) is 12.8 Å². The van der Waals surface area contributed by atoms with Crippen LogP contribution in [0.4, 0.5) is 0 Å². The minimum Gasteiger partial charge on any atom is -0.462 e. The second-order valence-corrected chi connectivity index (χ2v) is 3.53. The Labute approximate surface area is 75.1 Å². The second kappa shape index (κ2) is 3.50. The van der Waals surface area contributed by atoms with E-state index in [1.54, 1.807) is 0 Å². The van der Waals surface area contributed by atoms with Crippen molar-refractivity contribution in [3.05, 3.63) is 0 Å². The highest BCUT2D eigenvalue weighted by Crippen LogP contribution is 2.41. The smallest absolute Gasteiger partial charge is 0.303 e. The molecule has 1 rings (SSSR count). The van der Waals surface area contributed by atoms with Gasteiger partial charge in [-0.2, -0.15) is 0 Å². The fourth-order valence-electron chi connectivity index (χ4n) is 1.57. The number of hydrogen-bond acceptors (Lipinski definition) is 2. The van der Waals surface area contributed by atoms with Crippen LogP contribution in [0.25, 0.3) is 0 Å². The Balaban J connectivity index is 2.56. The van der Waals surface area contributed by atoms with Crippen molar-refractivity contribution in [3.63, 3.8) is 0 Å². The highest BCUT2D eigenvalue weighted by Gasteiger charge is 2.42. The Morgan fingerprint density at radius 2 is 2.33 bits per heavy atom. The Bertz CT molecular complexity index is 181. The lowest BCUT2D eigenvalue weighted by Gasteiger charge is -2.15. The van der Waals surface area contributed by atoms with Crippen LogP contribution >= 0.6 is 0 Å². The molecule has 0 saturated carbocycles. The van der Waals surface area contributed by atoms with Crippen molar-refractivity contribution in [2.24, 2.45) is 0 Å². The number of hydrogen-bond donors (Lipinski definition) is 0. The van der Waals surface area contributed by atoms with Gasteiger partial charge < -0.3 is 4.74 Å². The van der Waals surface area contributed by atoms with Crippen LogP contribution in [0.15, 0.2) is 0 Å². The van der Waals surface area contributed by atoms with E-state index in [0.29, 0.717) is 12.8 Å². The lowest BCUT2D eigenvalue weighted by atomic mass is 9.65. The summed E-state index contributed by atoms with van der Waals surface area (Å²) in [5.74, 6) is -0.219. The molecule has 1 aliphatic rings.